The van der Waals surface area contributed by atoms with Crippen LogP contribution in [0.5, 0.6) is 0 Å². The Kier molecular flexibility index (Phi) is 6.27. The molecule has 1 heterocycles. The van der Waals surface area contributed by atoms with Gasteiger partial charge in [-0.25, -0.2) is 4.68 Å². The second-order valence-corrected chi connectivity index (χ2v) is 6.81. The van der Waals surface area contributed by atoms with E-state index in [0.29, 0.717) is 22.3 Å². The highest BCUT2D eigenvalue weighted by Gasteiger charge is 2.06. The van der Waals surface area contributed by atoms with Crippen molar-refractivity contribution < 1.29 is 4.79 Å². The molecule has 0 aliphatic carbocycles. The summed E-state index contributed by atoms with van der Waals surface area (Å²) in [6.45, 7) is 0.593. The number of nitrogens with zero attached hydrogens (tertiary/aromatic N) is 2. The molecule has 2 aromatic carbocycles. The van der Waals surface area contributed by atoms with Gasteiger partial charge < -0.3 is 5.32 Å². The van der Waals surface area contributed by atoms with Crippen LogP contribution in [-0.4, -0.2) is 22.2 Å². The first kappa shape index (κ1) is 19.1. The van der Waals surface area contributed by atoms with Crippen LogP contribution >= 0.6 is 23.2 Å². The van der Waals surface area contributed by atoms with E-state index >= 15 is 0 Å². The molecule has 3 aromatic rings. The number of hydrogen-bond donors (Lipinski definition) is 1. The molecule has 0 bridgehead atoms. The molecule has 0 spiro atoms. The van der Waals surface area contributed by atoms with Gasteiger partial charge in [0.15, 0.2) is 0 Å². The highest BCUT2D eigenvalue weighted by atomic mass is 35.5. The Labute approximate surface area is 166 Å². The van der Waals surface area contributed by atoms with Crippen LogP contribution in [0.1, 0.15) is 5.56 Å². The number of carbonyl (C=O) groups excluding carboxylic acids is 1. The van der Waals surface area contributed by atoms with Crippen molar-refractivity contribution in [2.75, 3.05) is 6.54 Å². The van der Waals surface area contributed by atoms with Crippen LogP contribution < -0.4 is 10.9 Å². The normalized spacial score (nSPS) is 10.6. The van der Waals surface area contributed by atoms with Crippen LogP contribution in [0, 0.1) is 0 Å². The van der Waals surface area contributed by atoms with Crippen molar-refractivity contribution in [1.29, 1.82) is 0 Å². The Bertz CT molecular complexity index is 983. The molecule has 3 rings (SSSR count). The lowest BCUT2D eigenvalue weighted by atomic mass is 10.1. The van der Waals surface area contributed by atoms with E-state index in [-0.39, 0.29) is 24.4 Å². The van der Waals surface area contributed by atoms with Crippen molar-refractivity contribution in [3.05, 3.63) is 86.6 Å². The van der Waals surface area contributed by atoms with E-state index in [1.54, 1.807) is 30.3 Å². The van der Waals surface area contributed by atoms with Gasteiger partial charge in [0.05, 0.1) is 18.7 Å². The molecular formula is C20H17Cl2N3O2. The number of nitrogens with one attached hydrogen (secondary N) is 1. The van der Waals surface area contributed by atoms with Crippen LogP contribution in [0.25, 0.3) is 11.3 Å². The minimum Gasteiger partial charge on any atom is -0.354 e. The van der Waals surface area contributed by atoms with Gasteiger partial charge in [-0.2, -0.15) is 5.10 Å². The largest absolute Gasteiger partial charge is 0.354 e. The van der Waals surface area contributed by atoms with E-state index < -0.39 is 0 Å². The number of amides is 1. The van der Waals surface area contributed by atoms with E-state index in [0.717, 1.165) is 11.1 Å². The fourth-order valence-electron chi connectivity index (χ4n) is 2.54. The smallest absolute Gasteiger partial charge is 0.266 e. The molecular weight excluding hydrogens is 385 g/mol. The summed E-state index contributed by atoms with van der Waals surface area (Å²) in [7, 11) is 0. The standard InChI is InChI=1S/C20H17Cl2N3O2/c21-16-5-1-14(2-6-16)13-19(26)23-11-12-25-20(27)10-9-18(24-25)15-3-7-17(22)8-4-15/h1-10H,11-13H2,(H,23,26). The maximum atomic E-state index is 12.0. The van der Waals surface area contributed by atoms with Crippen LogP contribution in [0.4, 0.5) is 0 Å². The molecule has 1 aromatic heterocycles. The number of carbonyl (C=O) groups is 1. The molecule has 1 amide bonds. The van der Waals surface area contributed by atoms with Crippen molar-refractivity contribution in [1.82, 2.24) is 15.1 Å². The Balaban J connectivity index is 1.59. The highest BCUT2D eigenvalue weighted by Crippen LogP contribution is 2.18. The van der Waals surface area contributed by atoms with Crippen LogP contribution in [0.3, 0.4) is 0 Å². The summed E-state index contributed by atoms with van der Waals surface area (Å²) >= 11 is 11.7. The van der Waals surface area contributed by atoms with Crippen LogP contribution in [0.2, 0.25) is 10.0 Å². The fourth-order valence-corrected chi connectivity index (χ4v) is 2.79. The van der Waals surface area contributed by atoms with Gasteiger partial charge in [0.25, 0.3) is 5.56 Å². The molecule has 0 saturated carbocycles. The second kappa shape index (κ2) is 8.84. The van der Waals surface area contributed by atoms with Gasteiger partial charge in [-0.15, -0.1) is 0 Å². The van der Waals surface area contributed by atoms with Crippen molar-refractivity contribution in [3.8, 4) is 11.3 Å². The lowest BCUT2D eigenvalue weighted by Gasteiger charge is -2.09. The van der Waals surface area contributed by atoms with E-state index in [1.807, 2.05) is 24.3 Å². The van der Waals surface area contributed by atoms with Crippen LogP contribution in [0.15, 0.2) is 65.5 Å². The fraction of sp³-hybridized carbons (Fsp3) is 0.150. The molecule has 0 radical (unpaired) electrons. The quantitative estimate of drug-likeness (QED) is 0.686. The minimum absolute atomic E-state index is 0.126. The lowest BCUT2D eigenvalue weighted by Crippen LogP contribution is -2.32. The summed E-state index contributed by atoms with van der Waals surface area (Å²) < 4.78 is 1.34. The zero-order chi connectivity index (χ0) is 19.2. The van der Waals surface area contributed by atoms with Gasteiger partial charge >= 0.3 is 0 Å². The summed E-state index contributed by atoms with van der Waals surface area (Å²) in [6.07, 6.45) is 0.254. The Morgan fingerprint density at radius 3 is 2.22 bits per heavy atom. The van der Waals surface area contributed by atoms with E-state index in [4.69, 9.17) is 23.2 Å². The molecule has 27 heavy (non-hydrogen) atoms. The maximum absolute atomic E-state index is 12.0. The lowest BCUT2D eigenvalue weighted by molar-refractivity contribution is -0.120. The Hall–Kier alpha value is -2.63. The third-order valence-corrected chi connectivity index (χ3v) is 4.43. The summed E-state index contributed by atoms with van der Waals surface area (Å²) in [6, 6.07) is 17.5. The number of halogens is 2. The Morgan fingerprint density at radius 1 is 0.926 bits per heavy atom. The number of rotatable bonds is 6. The molecule has 0 atom stereocenters. The molecule has 0 aliphatic rings. The van der Waals surface area contributed by atoms with E-state index in [9.17, 15) is 9.59 Å². The maximum Gasteiger partial charge on any atom is 0.266 e. The van der Waals surface area contributed by atoms with Gasteiger partial charge in [0.2, 0.25) is 5.91 Å². The SMILES string of the molecule is O=C(Cc1ccc(Cl)cc1)NCCn1nc(-c2ccc(Cl)cc2)ccc1=O. The van der Waals surface area contributed by atoms with E-state index in [1.165, 1.54) is 10.7 Å². The average molecular weight is 402 g/mol. The third-order valence-electron chi connectivity index (χ3n) is 3.93. The zero-order valence-electron chi connectivity index (χ0n) is 14.4. The number of aromatic nitrogens is 2. The summed E-state index contributed by atoms with van der Waals surface area (Å²) in [4.78, 5) is 24.0. The second-order valence-electron chi connectivity index (χ2n) is 5.94. The highest BCUT2D eigenvalue weighted by molar-refractivity contribution is 6.30. The van der Waals surface area contributed by atoms with Crippen LogP contribution in [-0.2, 0) is 17.8 Å². The minimum atomic E-state index is -0.223. The monoisotopic (exact) mass is 401 g/mol. The topological polar surface area (TPSA) is 64.0 Å². The molecule has 5 nitrogen and oxygen atoms in total. The molecule has 138 valence electrons. The first-order valence-electron chi connectivity index (χ1n) is 8.36. The molecule has 0 unspecified atom stereocenters. The number of benzene rings is 2. The third kappa shape index (κ3) is 5.42. The molecule has 0 aliphatic heterocycles. The predicted octanol–water partition coefficient (Wildman–Crippen LogP) is 3.58. The molecule has 0 fully saturated rings. The van der Waals surface area contributed by atoms with Gasteiger partial charge in [0, 0.05) is 28.2 Å². The van der Waals surface area contributed by atoms with E-state index in [2.05, 4.69) is 10.4 Å². The first-order valence-corrected chi connectivity index (χ1v) is 9.12. The summed E-state index contributed by atoms with van der Waals surface area (Å²) in [5.74, 6) is -0.126. The van der Waals surface area contributed by atoms with Crippen molar-refractivity contribution in [2.45, 2.75) is 13.0 Å². The first-order chi connectivity index (χ1) is 13.0. The van der Waals surface area contributed by atoms with Crippen molar-refractivity contribution >= 4 is 29.1 Å². The van der Waals surface area contributed by atoms with Gasteiger partial charge in [-0.1, -0.05) is 47.5 Å². The molecule has 0 saturated heterocycles. The van der Waals surface area contributed by atoms with Gasteiger partial charge in [-0.05, 0) is 35.9 Å². The Morgan fingerprint density at radius 2 is 1.56 bits per heavy atom. The van der Waals surface area contributed by atoms with Gasteiger partial charge in [-0.3, -0.25) is 9.59 Å². The number of hydrogen-bond acceptors (Lipinski definition) is 3. The summed E-state index contributed by atoms with van der Waals surface area (Å²) in [5, 5.41) is 8.42. The molecule has 7 heteroatoms. The summed E-state index contributed by atoms with van der Waals surface area (Å²) in [5.41, 5.74) is 2.18. The predicted molar refractivity (Wildman–Crippen MR) is 107 cm³/mol. The molecule has 1 N–H and O–H groups in total. The van der Waals surface area contributed by atoms with Crippen molar-refractivity contribution in [3.63, 3.8) is 0 Å². The van der Waals surface area contributed by atoms with Gasteiger partial charge in [0.1, 0.15) is 0 Å². The average Bonchev–Trinajstić information content (AvgIpc) is 2.66. The zero-order valence-corrected chi connectivity index (χ0v) is 15.9. The van der Waals surface area contributed by atoms with Crippen molar-refractivity contribution in [2.24, 2.45) is 0 Å².